The fraction of sp³-hybridized carbons (Fsp3) is 0.231. The molecule has 1 heterocycles. The molecule has 2 rings (SSSR count). The fourth-order valence-corrected chi connectivity index (χ4v) is 2.20. The van der Waals surface area contributed by atoms with Gasteiger partial charge in [0, 0.05) is 0 Å². The SMILES string of the molecule is CSC(=S)NNC(=O)c1c(C)c(C)cc2[nH]c(=O)c(=O)[nH]c12. The molecule has 4 N–H and O–H groups in total. The van der Waals surface area contributed by atoms with Gasteiger partial charge in [0.2, 0.25) is 0 Å². The monoisotopic (exact) mass is 338 g/mol. The summed E-state index contributed by atoms with van der Waals surface area (Å²) in [5, 5.41) is 0. The van der Waals surface area contributed by atoms with Crippen molar-refractivity contribution in [1.29, 1.82) is 0 Å². The van der Waals surface area contributed by atoms with Gasteiger partial charge in [-0.2, -0.15) is 0 Å². The van der Waals surface area contributed by atoms with Crippen LogP contribution in [0.4, 0.5) is 0 Å². The van der Waals surface area contributed by atoms with E-state index in [-0.39, 0.29) is 11.1 Å². The van der Waals surface area contributed by atoms with Crippen LogP contribution in [0.2, 0.25) is 0 Å². The van der Waals surface area contributed by atoms with Crippen molar-refractivity contribution in [3.8, 4) is 0 Å². The first-order chi connectivity index (χ1) is 10.3. The molecule has 0 saturated heterocycles. The molecular weight excluding hydrogens is 324 g/mol. The first-order valence-corrected chi connectivity index (χ1v) is 7.89. The van der Waals surface area contributed by atoms with E-state index in [0.29, 0.717) is 15.4 Å². The number of aromatic amines is 2. The van der Waals surface area contributed by atoms with Crippen molar-refractivity contribution < 1.29 is 4.79 Å². The van der Waals surface area contributed by atoms with Crippen molar-refractivity contribution in [2.24, 2.45) is 0 Å². The molecule has 0 unspecified atom stereocenters. The Morgan fingerprint density at radius 2 is 1.82 bits per heavy atom. The molecule has 0 saturated carbocycles. The Hall–Kier alpha value is -2.13. The van der Waals surface area contributed by atoms with Crippen molar-refractivity contribution in [3.63, 3.8) is 0 Å². The minimum absolute atomic E-state index is 0.278. The molecule has 0 atom stereocenters. The van der Waals surface area contributed by atoms with Gasteiger partial charge in [-0.1, -0.05) is 24.0 Å². The molecule has 1 aromatic heterocycles. The highest BCUT2D eigenvalue weighted by Crippen LogP contribution is 2.21. The molecule has 1 amide bonds. The quantitative estimate of drug-likeness (QED) is 0.347. The summed E-state index contributed by atoms with van der Waals surface area (Å²) in [4.78, 5) is 40.3. The van der Waals surface area contributed by atoms with Crippen LogP contribution in [0.1, 0.15) is 21.5 Å². The lowest BCUT2D eigenvalue weighted by Crippen LogP contribution is -2.40. The maximum atomic E-state index is 12.4. The molecule has 0 bridgehead atoms. The molecule has 0 aliphatic carbocycles. The van der Waals surface area contributed by atoms with Crippen molar-refractivity contribution in [3.05, 3.63) is 43.5 Å². The third-order valence-electron chi connectivity index (χ3n) is 3.23. The second-order valence-electron chi connectivity index (χ2n) is 4.59. The zero-order valence-corrected chi connectivity index (χ0v) is 13.8. The van der Waals surface area contributed by atoms with Crippen molar-refractivity contribution in [2.45, 2.75) is 13.8 Å². The number of thioether (sulfide) groups is 1. The van der Waals surface area contributed by atoms with E-state index in [1.807, 2.05) is 6.92 Å². The number of hydrogen-bond donors (Lipinski definition) is 4. The van der Waals surface area contributed by atoms with Crippen LogP contribution >= 0.6 is 24.0 Å². The molecule has 116 valence electrons. The normalized spacial score (nSPS) is 10.5. The van der Waals surface area contributed by atoms with Crippen LogP contribution in [0.25, 0.3) is 11.0 Å². The van der Waals surface area contributed by atoms with E-state index in [0.717, 1.165) is 5.56 Å². The van der Waals surface area contributed by atoms with Crippen LogP contribution in [-0.4, -0.2) is 26.5 Å². The van der Waals surface area contributed by atoms with E-state index >= 15 is 0 Å². The summed E-state index contributed by atoms with van der Waals surface area (Å²) < 4.78 is 0.407. The number of aryl methyl sites for hydroxylation is 1. The molecule has 0 aliphatic heterocycles. The van der Waals surface area contributed by atoms with Crippen LogP contribution in [0.3, 0.4) is 0 Å². The Morgan fingerprint density at radius 3 is 2.45 bits per heavy atom. The summed E-state index contributed by atoms with van der Waals surface area (Å²) in [5.41, 5.74) is 5.97. The molecule has 2 aromatic rings. The molecule has 0 aliphatic rings. The predicted octanol–water partition coefficient (Wildman–Crippen LogP) is 0.716. The minimum Gasteiger partial charge on any atom is -0.316 e. The zero-order chi connectivity index (χ0) is 16.4. The predicted molar refractivity (Wildman–Crippen MR) is 91.4 cm³/mol. The second kappa shape index (κ2) is 6.32. The smallest absolute Gasteiger partial charge is 0.314 e. The molecule has 0 fully saturated rings. The molecule has 0 spiro atoms. The van der Waals surface area contributed by atoms with Crippen molar-refractivity contribution in [1.82, 2.24) is 20.8 Å². The summed E-state index contributed by atoms with van der Waals surface area (Å²) in [6.45, 7) is 3.58. The second-order valence-corrected chi connectivity index (χ2v) is 6.08. The third kappa shape index (κ3) is 3.04. The highest BCUT2D eigenvalue weighted by molar-refractivity contribution is 8.22. The number of benzene rings is 1. The lowest BCUT2D eigenvalue weighted by atomic mass is 10.0. The molecule has 22 heavy (non-hydrogen) atoms. The van der Waals surface area contributed by atoms with E-state index in [4.69, 9.17) is 12.2 Å². The topological polar surface area (TPSA) is 107 Å². The zero-order valence-electron chi connectivity index (χ0n) is 12.1. The van der Waals surface area contributed by atoms with Gasteiger partial charge in [0.1, 0.15) is 0 Å². The average Bonchev–Trinajstić information content (AvgIpc) is 2.48. The number of rotatable bonds is 1. The third-order valence-corrected chi connectivity index (χ3v) is 4.31. The Labute approximate surface area is 134 Å². The maximum absolute atomic E-state index is 12.4. The molecule has 1 aromatic carbocycles. The fourth-order valence-electron chi connectivity index (χ4n) is 2.00. The van der Waals surface area contributed by atoms with E-state index in [1.165, 1.54) is 11.8 Å². The summed E-state index contributed by atoms with van der Waals surface area (Å²) in [5.74, 6) is -0.453. The van der Waals surface area contributed by atoms with Crippen molar-refractivity contribution >= 4 is 45.2 Å². The summed E-state index contributed by atoms with van der Waals surface area (Å²) >= 11 is 6.23. The average molecular weight is 338 g/mol. The minimum atomic E-state index is -0.808. The maximum Gasteiger partial charge on any atom is 0.314 e. The summed E-state index contributed by atoms with van der Waals surface area (Å²) in [6, 6.07) is 1.71. The number of thiocarbonyl (C=S) groups is 1. The van der Waals surface area contributed by atoms with Crippen LogP contribution in [0.5, 0.6) is 0 Å². The largest absolute Gasteiger partial charge is 0.316 e. The number of H-pyrrole nitrogens is 2. The molecule has 7 nitrogen and oxygen atoms in total. The van der Waals surface area contributed by atoms with Gasteiger partial charge in [-0.05, 0) is 37.3 Å². The van der Waals surface area contributed by atoms with Gasteiger partial charge in [0.25, 0.3) is 5.91 Å². The van der Waals surface area contributed by atoms with E-state index in [2.05, 4.69) is 20.8 Å². The molecular formula is C13H14N4O3S2. The highest BCUT2D eigenvalue weighted by atomic mass is 32.2. The van der Waals surface area contributed by atoms with Gasteiger partial charge in [-0.15, -0.1) is 0 Å². The van der Waals surface area contributed by atoms with Gasteiger partial charge in [-0.25, -0.2) is 0 Å². The number of hydrogen-bond acceptors (Lipinski definition) is 5. The number of hydrazine groups is 1. The number of aromatic nitrogens is 2. The first-order valence-electron chi connectivity index (χ1n) is 6.26. The van der Waals surface area contributed by atoms with E-state index in [9.17, 15) is 14.4 Å². The number of carbonyl (C=O) groups excluding carboxylic acids is 1. The summed E-state index contributed by atoms with van der Waals surface area (Å²) in [7, 11) is 0. The van der Waals surface area contributed by atoms with Gasteiger partial charge in [0.15, 0.2) is 4.32 Å². The lowest BCUT2D eigenvalue weighted by molar-refractivity contribution is 0.0945. The van der Waals surface area contributed by atoms with Crippen molar-refractivity contribution in [2.75, 3.05) is 6.26 Å². The number of amides is 1. The van der Waals surface area contributed by atoms with Crippen LogP contribution in [0.15, 0.2) is 15.7 Å². The van der Waals surface area contributed by atoms with Crippen LogP contribution in [0, 0.1) is 13.8 Å². The lowest BCUT2D eigenvalue weighted by Gasteiger charge is -2.13. The first kappa shape index (κ1) is 16.2. The Morgan fingerprint density at radius 1 is 1.18 bits per heavy atom. The Kier molecular flexibility index (Phi) is 4.67. The van der Waals surface area contributed by atoms with Crippen LogP contribution in [-0.2, 0) is 0 Å². The van der Waals surface area contributed by atoms with Gasteiger partial charge < -0.3 is 9.97 Å². The van der Waals surface area contributed by atoms with E-state index < -0.39 is 17.0 Å². The highest BCUT2D eigenvalue weighted by Gasteiger charge is 2.17. The standard InChI is InChI=1S/C13H14N4O3S2/c1-5-4-7-9(15-12(20)11(19)14-7)8(6(5)2)10(18)16-17-13(21)22-3/h4H,1-3H3,(H,14,19)(H,15,20)(H,16,18)(H,17,21). The van der Waals surface area contributed by atoms with Gasteiger partial charge >= 0.3 is 11.1 Å². The molecule has 0 radical (unpaired) electrons. The van der Waals surface area contributed by atoms with E-state index in [1.54, 1.807) is 19.2 Å². The Bertz CT molecular complexity index is 885. The van der Waals surface area contributed by atoms with Crippen LogP contribution < -0.4 is 22.0 Å². The van der Waals surface area contributed by atoms with Gasteiger partial charge in [-0.3, -0.25) is 25.2 Å². The molecule has 9 heteroatoms. The number of fused-ring (bicyclic) bond motifs is 1. The number of carbonyl (C=O) groups is 1. The number of nitrogens with one attached hydrogen (secondary N) is 4. The Balaban J connectivity index is 2.60. The summed E-state index contributed by atoms with van der Waals surface area (Å²) in [6.07, 6.45) is 1.77. The van der Waals surface area contributed by atoms with Gasteiger partial charge in [0.05, 0.1) is 16.6 Å².